The number of nitrogens with two attached hydrogens (primary N) is 1. The van der Waals surface area contributed by atoms with Crippen LogP contribution in [0.5, 0.6) is 0 Å². The molecule has 1 aromatic carbocycles. The zero-order chi connectivity index (χ0) is 15.3. The molecular formula is C16H22N2O2S. The minimum Gasteiger partial charge on any atom is -0.320 e. The van der Waals surface area contributed by atoms with Gasteiger partial charge in [0.25, 0.3) is 0 Å². The molecule has 1 saturated carbocycles. The Morgan fingerprint density at radius 1 is 1.33 bits per heavy atom. The van der Waals surface area contributed by atoms with Gasteiger partial charge in [0, 0.05) is 12.1 Å². The first-order valence-corrected chi connectivity index (χ1v) is 8.72. The Bertz CT molecular complexity index is 650. The van der Waals surface area contributed by atoms with Gasteiger partial charge in [-0.3, -0.25) is 0 Å². The molecule has 1 aliphatic rings. The lowest BCUT2D eigenvalue weighted by molar-refractivity contribution is 0.336. The first-order valence-electron chi connectivity index (χ1n) is 7.24. The number of sulfonamides is 1. The first kappa shape index (κ1) is 16.0. The van der Waals surface area contributed by atoms with Crippen LogP contribution in [-0.4, -0.2) is 21.5 Å². The zero-order valence-corrected chi connectivity index (χ0v) is 13.2. The fraction of sp³-hybridized carbons (Fsp3) is 0.500. The van der Waals surface area contributed by atoms with E-state index >= 15 is 0 Å². The molecule has 3 N–H and O–H groups in total. The summed E-state index contributed by atoms with van der Waals surface area (Å²) in [6.07, 6.45) is 4.53. The summed E-state index contributed by atoms with van der Waals surface area (Å²) >= 11 is 0. The van der Waals surface area contributed by atoms with Gasteiger partial charge in [-0.1, -0.05) is 37.7 Å². The summed E-state index contributed by atoms with van der Waals surface area (Å²) in [5.74, 6) is 5.58. The molecule has 0 saturated heterocycles. The van der Waals surface area contributed by atoms with Gasteiger partial charge < -0.3 is 5.73 Å². The Hall–Kier alpha value is -1.35. The normalized spacial score (nSPS) is 17.2. The molecule has 114 valence electrons. The maximum atomic E-state index is 12.4. The van der Waals surface area contributed by atoms with Gasteiger partial charge in [-0.15, -0.1) is 0 Å². The van der Waals surface area contributed by atoms with Gasteiger partial charge in [0.2, 0.25) is 10.0 Å². The van der Waals surface area contributed by atoms with Crippen molar-refractivity contribution >= 4 is 10.0 Å². The SMILES string of the molecule is CC1(CNS(=O)(=O)c2cccc(C#CCN)c2)CCCC1. The monoisotopic (exact) mass is 306 g/mol. The number of benzene rings is 1. The number of nitrogens with one attached hydrogen (secondary N) is 1. The molecule has 0 aliphatic heterocycles. The lowest BCUT2D eigenvalue weighted by atomic mass is 9.89. The van der Waals surface area contributed by atoms with Crippen molar-refractivity contribution in [1.82, 2.24) is 4.72 Å². The third-order valence-corrected chi connectivity index (χ3v) is 5.38. The average Bonchev–Trinajstić information content (AvgIpc) is 2.91. The Kier molecular flexibility index (Phi) is 5.04. The fourth-order valence-corrected chi connectivity index (χ4v) is 3.90. The Balaban J connectivity index is 2.12. The summed E-state index contributed by atoms with van der Waals surface area (Å²) in [5.41, 5.74) is 6.08. The van der Waals surface area contributed by atoms with Gasteiger partial charge in [0.1, 0.15) is 0 Å². The minimum atomic E-state index is -3.48. The molecule has 0 radical (unpaired) electrons. The van der Waals surface area contributed by atoms with Crippen LogP contribution in [-0.2, 0) is 10.0 Å². The third-order valence-electron chi connectivity index (χ3n) is 3.98. The number of hydrogen-bond acceptors (Lipinski definition) is 3. The molecule has 0 spiro atoms. The van der Waals surface area contributed by atoms with Crippen LogP contribution in [0.25, 0.3) is 0 Å². The Morgan fingerprint density at radius 3 is 2.71 bits per heavy atom. The van der Waals surface area contributed by atoms with E-state index in [0.29, 0.717) is 12.1 Å². The molecular weight excluding hydrogens is 284 g/mol. The van der Waals surface area contributed by atoms with E-state index in [-0.39, 0.29) is 16.9 Å². The van der Waals surface area contributed by atoms with Crippen LogP contribution in [0.4, 0.5) is 0 Å². The number of rotatable bonds is 4. The van der Waals surface area contributed by atoms with Crippen LogP contribution < -0.4 is 10.5 Å². The zero-order valence-electron chi connectivity index (χ0n) is 12.4. The lowest BCUT2D eigenvalue weighted by Gasteiger charge is -2.23. The maximum absolute atomic E-state index is 12.4. The average molecular weight is 306 g/mol. The Morgan fingerprint density at radius 2 is 2.05 bits per heavy atom. The molecule has 0 amide bonds. The van der Waals surface area contributed by atoms with E-state index in [1.54, 1.807) is 24.3 Å². The van der Waals surface area contributed by atoms with Crippen molar-refractivity contribution in [3.8, 4) is 11.8 Å². The quantitative estimate of drug-likeness (QED) is 0.834. The van der Waals surface area contributed by atoms with Gasteiger partial charge in [-0.25, -0.2) is 13.1 Å². The van der Waals surface area contributed by atoms with E-state index in [0.717, 1.165) is 12.8 Å². The van der Waals surface area contributed by atoms with E-state index in [9.17, 15) is 8.42 Å². The maximum Gasteiger partial charge on any atom is 0.240 e. The van der Waals surface area contributed by atoms with Crippen LogP contribution in [0.2, 0.25) is 0 Å². The van der Waals surface area contributed by atoms with Crippen LogP contribution in [0.15, 0.2) is 29.2 Å². The molecule has 0 aromatic heterocycles. The molecule has 5 heteroatoms. The highest BCUT2D eigenvalue weighted by Gasteiger charge is 2.30. The molecule has 0 bridgehead atoms. The topological polar surface area (TPSA) is 72.2 Å². The van der Waals surface area contributed by atoms with E-state index in [4.69, 9.17) is 5.73 Å². The van der Waals surface area contributed by atoms with E-state index in [1.165, 1.54) is 12.8 Å². The van der Waals surface area contributed by atoms with Crippen molar-refractivity contribution in [3.05, 3.63) is 29.8 Å². The molecule has 0 atom stereocenters. The molecule has 4 nitrogen and oxygen atoms in total. The van der Waals surface area contributed by atoms with Gasteiger partial charge in [0.15, 0.2) is 0 Å². The van der Waals surface area contributed by atoms with Crippen molar-refractivity contribution in [2.75, 3.05) is 13.1 Å². The van der Waals surface area contributed by atoms with E-state index in [2.05, 4.69) is 23.5 Å². The minimum absolute atomic E-state index is 0.0873. The predicted octanol–water partition coefficient (Wildman–Crippen LogP) is 1.86. The summed E-state index contributed by atoms with van der Waals surface area (Å²) in [7, 11) is -3.48. The molecule has 21 heavy (non-hydrogen) atoms. The van der Waals surface area contributed by atoms with Crippen molar-refractivity contribution < 1.29 is 8.42 Å². The summed E-state index contributed by atoms with van der Waals surface area (Å²) in [5, 5.41) is 0. The standard InChI is InChI=1S/C16H22N2O2S/c1-16(9-2-3-10-16)13-18-21(19,20)15-8-4-6-14(12-15)7-5-11-17/h4,6,8,12,18H,2-3,9-11,13,17H2,1H3. The van der Waals surface area contributed by atoms with Crippen molar-refractivity contribution in [1.29, 1.82) is 0 Å². The van der Waals surface area contributed by atoms with Crippen LogP contribution >= 0.6 is 0 Å². The summed E-state index contributed by atoms with van der Waals surface area (Å²) < 4.78 is 27.5. The predicted molar refractivity (Wildman–Crippen MR) is 84.1 cm³/mol. The molecule has 1 fully saturated rings. The van der Waals surface area contributed by atoms with Gasteiger partial charge in [-0.2, -0.15) is 0 Å². The molecule has 0 heterocycles. The summed E-state index contributed by atoms with van der Waals surface area (Å²) in [4.78, 5) is 0.257. The van der Waals surface area contributed by atoms with Crippen LogP contribution in [0.3, 0.4) is 0 Å². The fourth-order valence-electron chi connectivity index (χ4n) is 2.65. The van der Waals surface area contributed by atoms with E-state index in [1.807, 2.05) is 0 Å². The molecule has 2 rings (SSSR count). The Labute approximate surface area is 127 Å². The highest BCUT2D eigenvalue weighted by atomic mass is 32.2. The third kappa shape index (κ3) is 4.31. The summed E-state index contributed by atoms with van der Waals surface area (Å²) in [6, 6.07) is 6.65. The molecule has 1 aromatic rings. The van der Waals surface area contributed by atoms with Crippen molar-refractivity contribution in [2.24, 2.45) is 11.1 Å². The second kappa shape index (κ2) is 6.61. The summed E-state index contributed by atoms with van der Waals surface area (Å²) in [6.45, 7) is 2.90. The molecule has 0 unspecified atom stereocenters. The highest BCUT2D eigenvalue weighted by Crippen LogP contribution is 2.36. The van der Waals surface area contributed by atoms with E-state index < -0.39 is 10.0 Å². The largest absolute Gasteiger partial charge is 0.320 e. The first-order chi connectivity index (χ1) is 9.95. The van der Waals surface area contributed by atoms with Crippen LogP contribution in [0, 0.1) is 17.3 Å². The van der Waals surface area contributed by atoms with Gasteiger partial charge in [-0.05, 0) is 36.5 Å². The second-order valence-electron chi connectivity index (χ2n) is 5.88. The molecule has 1 aliphatic carbocycles. The van der Waals surface area contributed by atoms with Gasteiger partial charge in [0.05, 0.1) is 11.4 Å². The van der Waals surface area contributed by atoms with Crippen molar-refractivity contribution in [3.63, 3.8) is 0 Å². The van der Waals surface area contributed by atoms with Gasteiger partial charge >= 0.3 is 0 Å². The highest BCUT2D eigenvalue weighted by molar-refractivity contribution is 7.89. The second-order valence-corrected chi connectivity index (χ2v) is 7.64. The lowest BCUT2D eigenvalue weighted by Crippen LogP contribution is -2.34. The van der Waals surface area contributed by atoms with Crippen LogP contribution in [0.1, 0.15) is 38.2 Å². The smallest absolute Gasteiger partial charge is 0.240 e. The van der Waals surface area contributed by atoms with Crippen molar-refractivity contribution in [2.45, 2.75) is 37.5 Å². The number of hydrogen-bond donors (Lipinski definition) is 2.